The van der Waals surface area contributed by atoms with Crippen LogP contribution >= 0.6 is 13.6 Å². The fourth-order valence-corrected chi connectivity index (χ4v) is 1.24. The zero-order chi connectivity index (χ0) is 11.1. The third kappa shape index (κ3) is 3.85. The molecule has 0 atom stereocenters. The number of rotatable bonds is 1. The molecule has 0 heterocycles. The van der Waals surface area contributed by atoms with Crippen LogP contribution in [0.1, 0.15) is 0 Å². The average molecular weight is 316 g/mol. The fraction of sp³-hybridized carbons (Fsp3) is 0. The first-order valence-electron chi connectivity index (χ1n) is 4.35. The summed E-state index contributed by atoms with van der Waals surface area (Å²) in [6, 6.07) is 17.0. The number of halogens is 2. The third-order valence-electron chi connectivity index (χ3n) is 1.87. The van der Waals surface area contributed by atoms with Gasteiger partial charge in [-0.1, -0.05) is 17.7 Å². The van der Waals surface area contributed by atoms with Crippen LogP contribution in [0.5, 0.6) is 0 Å². The summed E-state index contributed by atoms with van der Waals surface area (Å²) in [6.07, 6.45) is 0. The van der Waals surface area contributed by atoms with E-state index >= 15 is 0 Å². The monoisotopic (exact) mass is 314 g/mol. The molecule has 0 fully saturated rings. The molecule has 0 N–H and O–H groups in total. The molecule has 2 aromatic rings. The van der Waals surface area contributed by atoms with Gasteiger partial charge in [0.2, 0.25) is 0 Å². The molecule has 0 aliphatic heterocycles. The SMILES string of the molecule is Fc1cccc(-c2c[c-]ccc2)c1.[Zn+][Br]. The molecule has 0 saturated carbocycles. The second-order valence-electron chi connectivity index (χ2n) is 2.80. The predicted molar refractivity (Wildman–Crippen MR) is 59.6 cm³/mol. The molecule has 0 aromatic heterocycles. The predicted octanol–water partition coefficient (Wildman–Crippen LogP) is 4.14. The van der Waals surface area contributed by atoms with E-state index in [9.17, 15) is 4.39 Å². The Morgan fingerprint density at radius 3 is 2.40 bits per heavy atom. The summed E-state index contributed by atoms with van der Waals surface area (Å²) < 4.78 is 12.8. The van der Waals surface area contributed by atoms with Crippen LogP contribution in [0.4, 0.5) is 4.39 Å². The van der Waals surface area contributed by atoms with Gasteiger partial charge in [0.05, 0.1) is 0 Å². The summed E-state index contributed by atoms with van der Waals surface area (Å²) in [5, 5.41) is 0. The Kier molecular flexibility index (Phi) is 5.74. The van der Waals surface area contributed by atoms with Crippen LogP contribution < -0.4 is 0 Å². The number of hydrogen-bond donors (Lipinski definition) is 0. The van der Waals surface area contributed by atoms with E-state index in [1.54, 1.807) is 6.07 Å². The molecule has 72 valence electrons. The minimum absolute atomic E-state index is 0.207. The van der Waals surface area contributed by atoms with E-state index in [-0.39, 0.29) is 5.82 Å². The molecule has 0 aliphatic rings. The normalized spacial score (nSPS) is 9.07. The van der Waals surface area contributed by atoms with E-state index in [0.29, 0.717) is 0 Å². The van der Waals surface area contributed by atoms with Crippen molar-refractivity contribution in [3.05, 3.63) is 60.4 Å². The molecule has 0 saturated heterocycles. The van der Waals surface area contributed by atoms with Crippen LogP contribution in [0.3, 0.4) is 0 Å². The van der Waals surface area contributed by atoms with Crippen LogP contribution in [-0.4, -0.2) is 0 Å². The molecular formula is C12H8BrFZn. The molecule has 15 heavy (non-hydrogen) atoms. The van der Waals surface area contributed by atoms with Gasteiger partial charge in [-0.25, -0.2) is 4.39 Å². The van der Waals surface area contributed by atoms with Crippen molar-refractivity contribution in [2.24, 2.45) is 0 Å². The first kappa shape index (κ1) is 12.5. The van der Waals surface area contributed by atoms with Gasteiger partial charge in [-0.05, 0) is 12.1 Å². The van der Waals surface area contributed by atoms with Crippen molar-refractivity contribution in [2.75, 3.05) is 0 Å². The molecule has 2 aromatic carbocycles. The van der Waals surface area contributed by atoms with Crippen LogP contribution in [0.15, 0.2) is 48.5 Å². The van der Waals surface area contributed by atoms with Gasteiger partial charge in [0, 0.05) is 0 Å². The molecule has 0 unspecified atom stereocenters. The Morgan fingerprint density at radius 2 is 1.80 bits per heavy atom. The first-order valence-corrected chi connectivity index (χ1v) is 11.3. The summed E-state index contributed by atoms with van der Waals surface area (Å²) in [5.41, 5.74) is 1.87. The minimum atomic E-state index is -0.207. The molecule has 0 aliphatic carbocycles. The molecular weight excluding hydrogens is 308 g/mol. The molecule has 0 nitrogen and oxygen atoms in total. The van der Waals surface area contributed by atoms with Gasteiger partial charge in [0.1, 0.15) is 5.82 Å². The summed E-state index contributed by atoms with van der Waals surface area (Å²) in [5.74, 6) is -0.207. The van der Waals surface area contributed by atoms with Gasteiger partial charge in [-0.3, -0.25) is 0 Å². The van der Waals surface area contributed by atoms with Crippen LogP contribution in [-0.2, 0) is 16.3 Å². The Morgan fingerprint density at radius 1 is 1.07 bits per heavy atom. The van der Waals surface area contributed by atoms with Crippen molar-refractivity contribution < 1.29 is 20.7 Å². The zero-order valence-electron chi connectivity index (χ0n) is 8.08. The zero-order valence-corrected chi connectivity index (χ0v) is 12.6. The second-order valence-corrected chi connectivity index (χ2v) is 2.80. The van der Waals surface area contributed by atoms with E-state index in [2.05, 4.69) is 19.7 Å². The summed E-state index contributed by atoms with van der Waals surface area (Å²) in [6.45, 7) is 0. The van der Waals surface area contributed by atoms with E-state index in [4.69, 9.17) is 0 Å². The Hall–Kier alpha value is -0.527. The molecule has 0 radical (unpaired) electrons. The van der Waals surface area contributed by atoms with Gasteiger partial charge in [-0.15, -0.1) is 5.56 Å². The first-order chi connectivity index (χ1) is 7.36. The summed E-state index contributed by atoms with van der Waals surface area (Å²) in [4.78, 5) is 0. The molecule has 3 heteroatoms. The molecule has 0 amide bonds. The molecule has 2 rings (SSSR count). The molecule has 0 spiro atoms. The molecule has 0 bridgehead atoms. The van der Waals surface area contributed by atoms with Gasteiger partial charge in [0.25, 0.3) is 0 Å². The van der Waals surface area contributed by atoms with Gasteiger partial charge in [-0.2, -0.15) is 30.3 Å². The van der Waals surface area contributed by atoms with Crippen molar-refractivity contribution in [3.63, 3.8) is 0 Å². The maximum absolute atomic E-state index is 12.8. The quantitative estimate of drug-likeness (QED) is 0.548. The Balaban J connectivity index is 0.000000531. The van der Waals surface area contributed by atoms with Crippen LogP contribution in [0.2, 0.25) is 0 Å². The van der Waals surface area contributed by atoms with Crippen molar-refractivity contribution in [1.29, 1.82) is 0 Å². The van der Waals surface area contributed by atoms with Gasteiger partial charge >= 0.3 is 30.0 Å². The van der Waals surface area contributed by atoms with Crippen LogP contribution in [0, 0.1) is 11.9 Å². The summed E-state index contributed by atoms with van der Waals surface area (Å²) >= 11 is 4.25. The third-order valence-corrected chi connectivity index (χ3v) is 1.87. The van der Waals surface area contributed by atoms with E-state index in [1.165, 1.54) is 28.5 Å². The van der Waals surface area contributed by atoms with Gasteiger partial charge in [0.15, 0.2) is 0 Å². The summed E-state index contributed by atoms with van der Waals surface area (Å²) in [7, 11) is 0. The van der Waals surface area contributed by atoms with Crippen LogP contribution in [0.25, 0.3) is 11.1 Å². The van der Waals surface area contributed by atoms with E-state index in [1.807, 2.05) is 30.3 Å². The Labute approximate surface area is 106 Å². The topological polar surface area (TPSA) is 0 Å². The maximum atomic E-state index is 12.8. The van der Waals surface area contributed by atoms with Crippen molar-refractivity contribution in [2.45, 2.75) is 0 Å². The van der Waals surface area contributed by atoms with E-state index < -0.39 is 0 Å². The Bertz CT molecular complexity index is 403. The van der Waals surface area contributed by atoms with Crippen molar-refractivity contribution >= 4 is 13.6 Å². The fourth-order valence-electron chi connectivity index (χ4n) is 1.24. The second kappa shape index (κ2) is 6.87. The average Bonchev–Trinajstić information content (AvgIpc) is 2.33. The standard InChI is InChI=1S/C12H8F.BrH.Zn/c13-12-8-4-7-11(9-12)10-5-2-1-3-6-10;;/h1-2,4-9H;1H;/q-1;;+2/p-1. The van der Waals surface area contributed by atoms with Crippen molar-refractivity contribution in [1.82, 2.24) is 0 Å². The van der Waals surface area contributed by atoms with Gasteiger partial charge < -0.3 is 0 Å². The number of hydrogen-bond acceptors (Lipinski definition) is 0. The van der Waals surface area contributed by atoms with Crippen molar-refractivity contribution in [3.8, 4) is 11.1 Å². The van der Waals surface area contributed by atoms with E-state index in [0.717, 1.165) is 11.1 Å². The number of benzene rings is 2.